The van der Waals surface area contributed by atoms with E-state index in [1.807, 2.05) is 11.3 Å². The molecule has 1 amide bonds. The van der Waals surface area contributed by atoms with E-state index in [-0.39, 0.29) is 11.5 Å². The van der Waals surface area contributed by atoms with E-state index in [9.17, 15) is 18.0 Å². The number of aliphatic carboxylic acids is 1. The Kier molecular flexibility index (Phi) is 8.03. The van der Waals surface area contributed by atoms with Gasteiger partial charge in [0.25, 0.3) is 5.91 Å². The number of rotatable bonds is 6. The zero-order chi connectivity index (χ0) is 24.1. The van der Waals surface area contributed by atoms with Crippen LogP contribution < -0.4 is 5.32 Å². The molecule has 0 aliphatic carbocycles. The number of thiophene rings is 1. The van der Waals surface area contributed by atoms with Gasteiger partial charge in [0.2, 0.25) is 0 Å². The minimum absolute atomic E-state index is 0.0115. The molecule has 0 aromatic carbocycles. The molecule has 2 aromatic rings. The Balaban J connectivity index is 0.000000383. The summed E-state index contributed by atoms with van der Waals surface area (Å²) in [5.74, 6) is -2.41. The number of hydrogen-bond acceptors (Lipinski definition) is 7. The predicted molar refractivity (Wildman–Crippen MR) is 114 cm³/mol. The Morgan fingerprint density at radius 2 is 2.09 bits per heavy atom. The first-order chi connectivity index (χ1) is 15.6. The van der Waals surface area contributed by atoms with Crippen LogP contribution in [0.1, 0.15) is 33.8 Å². The molecule has 2 saturated heterocycles. The number of hydrogen-bond donors (Lipinski definition) is 2. The number of ether oxygens (including phenoxy) is 1. The average Bonchev–Trinajstić information content (AvgIpc) is 3.35. The summed E-state index contributed by atoms with van der Waals surface area (Å²) in [4.78, 5) is 32.9. The van der Waals surface area contributed by atoms with Crippen molar-refractivity contribution in [1.29, 1.82) is 0 Å². The number of carbonyl (C=O) groups is 2. The fraction of sp³-hybridized carbons (Fsp3) is 0.524. The van der Waals surface area contributed by atoms with Gasteiger partial charge in [-0.3, -0.25) is 14.7 Å². The first-order valence-electron chi connectivity index (χ1n) is 10.3. The number of carboxylic acids is 1. The Morgan fingerprint density at radius 3 is 2.67 bits per heavy atom. The third-order valence-corrected chi connectivity index (χ3v) is 6.74. The number of aryl methyl sites for hydroxylation is 1. The highest BCUT2D eigenvalue weighted by Gasteiger charge is 2.52. The summed E-state index contributed by atoms with van der Waals surface area (Å²) in [5, 5.41) is 12.2. The van der Waals surface area contributed by atoms with Crippen LogP contribution >= 0.6 is 11.3 Å². The molecule has 33 heavy (non-hydrogen) atoms. The Hall–Kier alpha value is -2.57. The van der Waals surface area contributed by atoms with Crippen LogP contribution in [0.2, 0.25) is 0 Å². The molecule has 4 heterocycles. The summed E-state index contributed by atoms with van der Waals surface area (Å²) in [6.45, 7) is 6.66. The summed E-state index contributed by atoms with van der Waals surface area (Å²) < 4.78 is 37.9. The van der Waals surface area contributed by atoms with Crippen molar-refractivity contribution in [3.05, 3.63) is 46.2 Å². The molecule has 2 N–H and O–H groups in total. The van der Waals surface area contributed by atoms with E-state index < -0.39 is 12.1 Å². The molecule has 2 aliphatic rings. The number of nitrogens with zero attached hydrogens (tertiary/aromatic N) is 3. The second-order valence-electron chi connectivity index (χ2n) is 8.01. The van der Waals surface area contributed by atoms with E-state index >= 15 is 0 Å². The lowest BCUT2D eigenvalue weighted by atomic mass is 9.79. The SMILES string of the molecule is Cc1ccsc1CN1CC2(C1)OCCC2CCNC(=O)c1cnccn1.O=C(O)C(F)(F)F. The van der Waals surface area contributed by atoms with Crippen molar-refractivity contribution in [2.45, 2.75) is 38.1 Å². The van der Waals surface area contributed by atoms with Crippen LogP contribution in [0.25, 0.3) is 0 Å². The van der Waals surface area contributed by atoms with Crippen LogP contribution in [0.4, 0.5) is 13.2 Å². The summed E-state index contributed by atoms with van der Waals surface area (Å²) in [6, 6.07) is 2.18. The molecule has 12 heteroatoms. The molecule has 180 valence electrons. The fourth-order valence-corrected chi connectivity index (χ4v) is 4.95. The van der Waals surface area contributed by atoms with E-state index in [0.717, 1.165) is 39.1 Å². The molecule has 2 fully saturated rings. The Morgan fingerprint density at radius 1 is 1.36 bits per heavy atom. The Bertz CT molecular complexity index is 948. The summed E-state index contributed by atoms with van der Waals surface area (Å²) in [6.07, 6.45) is 1.53. The number of aromatic nitrogens is 2. The zero-order valence-corrected chi connectivity index (χ0v) is 18.8. The van der Waals surface area contributed by atoms with E-state index in [1.54, 1.807) is 6.20 Å². The summed E-state index contributed by atoms with van der Waals surface area (Å²) >= 11 is 1.83. The van der Waals surface area contributed by atoms with Crippen LogP contribution in [0, 0.1) is 12.8 Å². The molecule has 2 aromatic heterocycles. The number of carbonyl (C=O) groups excluding carboxylic acids is 1. The summed E-state index contributed by atoms with van der Waals surface area (Å²) in [7, 11) is 0. The molecule has 0 radical (unpaired) electrons. The molecule has 4 rings (SSSR count). The van der Waals surface area contributed by atoms with Gasteiger partial charge in [-0.15, -0.1) is 11.3 Å². The van der Waals surface area contributed by atoms with Crippen LogP contribution in [0.15, 0.2) is 30.0 Å². The maximum Gasteiger partial charge on any atom is 0.490 e. The van der Waals surface area contributed by atoms with Gasteiger partial charge < -0.3 is 15.2 Å². The van der Waals surface area contributed by atoms with Gasteiger partial charge in [-0.25, -0.2) is 9.78 Å². The predicted octanol–water partition coefficient (Wildman–Crippen LogP) is 2.89. The van der Waals surface area contributed by atoms with Gasteiger partial charge >= 0.3 is 12.1 Å². The van der Waals surface area contributed by atoms with Crippen molar-refractivity contribution >= 4 is 23.2 Å². The first kappa shape index (κ1) is 25.1. The van der Waals surface area contributed by atoms with Gasteiger partial charge in [0, 0.05) is 50.1 Å². The Labute approximate surface area is 192 Å². The van der Waals surface area contributed by atoms with E-state index in [1.165, 1.54) is 22.8 Å². The number of amides is 1. The minimum Gasteiger partial charge on any atom is -0.475 e. The van der Waals surface area contributed by atoms with Crippen molar-refractivity contribution < 1.29 is 32.6 Å². The maximum atomic E-state index is 12.1. The first-order valence-corrected chi connectivity index (χ1v) is 11.2. The van der Waals surface area contributed by atoms with Crippen LogP contribution in [-0.4, -0.2) is 69.9 Å². The molecule has 0 saturated carbocycles. The number of halogens is 3. The van der Waals surface area contributed by atoms with Gasteiger partial charge in [-0.2, -0.15) is 13.2 Å². The molecular formula is C21H25F3N4O4S. The van der Waals surface area contributed by atoms with Gasteiger partial charge in [0.05, 0.1) is 11.8 Å². The van der Waals surface area contributed by atoms with Gasteiger partial charge in [-0.1, -0.05) is 0 Å². The topological polar surface area (TPSA) is 105 Å². The highest BCUT2D eigenvalue weighted by atomic mass is 32.1. The van der Waals surface area contributed by atoms with Crippen LogP contribution in [0.3, 0.4) is 0 Å². The van der Waals surface area contributed by atoms with Crippen LogP contribution in [0.5, 0.6) is 0 Å². The number of carboxylic acid groups (broad SMARTS) is 1. The van der Waals surface area contributed by atoms with E-state index in [2.05, 4.69) is 38.6 Å². The summed E-state index contributed by atoms with van der Waals surface area (Å²) in [5.41, 5.74) is 1.74. The van der Waals surface area contributed by atoms with Crippen molar-refractivity contribution in [2.75, 3.05) is 26.2 Å². The molecule has 2 aliphatic heterocycles. The fourth-order valence-electron chi connectivity index (χ4n) is 4.00. The number of likely N-dealkylation sites (tertiary alicyclic amines) is 1. The lowest BCUT2D eigenvalue weighted by molar-refractivity contribution is -0.192. The van der Waals surface area contributed by atoms with Crippen LogP contribution in [-0.2, 0) is 16.1 Å². The second kappa shape index (κ2) is 10.6. The third kappa shape index (κ3) is 6.49. The molecule has 8 nitrogen and oxygen atoms in total. The van der Waals surface area contributed by atoms with Crippen molar-refractivity contribution in [1.82, 2.24) is 20.2 Å². The number of nitrogens with one attached hydrogen (secondary N) is 1. The zero-order valence-electron chi connectivity index (χ0n) is 18.0. The quantitative estimate of drug-likeness (QED) is 0.647. The standard InChI is InChI=1S/C19H24N4O2S.C2HF3O2/c1-14-4-9-26-17(14)11-23-12-19(13-23)15(3-8-25-19)2-5-22-18(24)16-10-20-6-7-21-16;3-2(4,5)1(6)7/h4,6-7,9-10,15H,2-3,5,8,11-13H2,1H3,(H,22,24);(H,6,7). The highest BCUT2D eigenvalue weighted by Crippen LogP contribution is 2.42. The van der Waals surface area contributed by atoms with Crippen molar-refractivity contribution in [3.8, 4) is 0 Å². The van der Waals surface area contributed by atoms with E-state index in [4.69, 9.17) is 14.6 Å². The largest absolute Gasteiger partial charge is 0.490 e. The van der Waals surface area contributed by atoms with Gasteiger partial charge in [0.1, 0.15) is 5.69 Å². The van der Waals surface area contributed by atoms with Gasteiger partial charge in [0.15, 0.2) is 0 Å². The lowest BCUT2D eigenvalue weighted by Gasteiger charge is -2.50. The van der Waals surface area contributed by atoms with E-state index in [0.29, 0.717) is 18.2 Å². The highest BCUT2D eigenvalue weighted by molar-refractivity contribution is 7.10. The number of alkyl halides is 3. The molecular weight excluding hydrogens is 461 g/mol. The van der Waals surface area contributed by atoms with Crippen molar-refractivity contribution in [2.24, 2.45) is 5.92 Å². The smallest absolute Gasteiger partial charge is 0.475 e. The molecule has 1 spiro atoms. The average molecular weight is 487 g/mol. The minimum atomic E-state index is -5.08. The molecule has 0 bridgehead atoms. The normalized spacial score (nSPS) is 19.5. The molecule has 1 atom stereocenters. The maximum absolute atomic E-state index is 12.1. The molecule has 1 unspecified atom stereocenters. The third-order valence-electron chi connectivity index (χ3n) is 5.73. The lowest BCUT2D eigenvalue weighted by Crippen LogP contribution is -2.64. The monoisotopic (exact) mass is 486 g/mol. The second-order valence-corrected chi connectivity index (χ2v) is 9.01. The van der Waals surface area contributed by atoms with Crippen molar-refractivity contribution in [3.63, 3.8) is 0 Å². The van der Waals surface area contributed by atoms with Gasteiger partial charge in [-0.05, 0) is 42.7 Å².